The first-order chi connectivity index (χ1) is 14.9. The second-order valence-corrected chi connectivity index (χ2v) is 10.4. The fraction of sp³-hybridized carbons (Fsp3) is 0.536. The maximum atomic E-state index is 12.1. The van der Waals surface area contributed by atoms with Crippen molar-refractivity contribution in [3.8, 4) is 0 Å². The lowest BCUT2D eigenvalue weighted by atomic mass is 9.51. The van der Waals surface area contributed by atoms with E-state index < -0.39 is 5.60 Å². The number of allylic oxidation sites excluding steroid dienone is 4. The Morgan fingerprint density at radius 1 is 1.19 bits per heavy atom. The van der Waals surface area contributed by atoms with Crippen molar-refractivity contribution in [3.63, 3.8) is 0 Å². The van der Waals surface area contributed by atoms with Crippen LogP contribution in [0.2, 0.25) is 0 Å². The third kappa shape index (κ3) is 3.08. The number of hydrogen-bond acceptors (Lipinski definition) is 3. The Kier molecular flexibility index (Phi) is 5.01. The minimum absolute atomic E-state index is 0.117. The number of hydrogen-bond donors (Lipinski definition) is 2. The Hall–Kier alpha value is -2.13. The Morgan fingerprint density at radius 2 is 1.97 bits per heavy atom. The summed E-state index contributed by atoms with van der Waals surface area (Å²) in [6, 6.07) is 8.85. The fourth-order valence-electron chi connectivity index (χ4n) is 7.51. The van der Waals surface area contributed by atoms with E-state index >= 15 is 0 Å². The molecule has 0 bridgehead atoms. The van der Waals surface area contributed by atoms with Crippen LogP contribution < -0.4 is 5.32 Å². The predicted octanol–water partition coefficient (Wildman–Crippen LogP) is 5.94. The van der Waals surface area contributed by atoms with Crippen LogP contribution in [-0.2, 0) is 4.79 Å². The molecule has 5 rings (SSSR count). The van der Waals surface area contributed by atoms with E-state index in [2.05, 4.69) is 43.1 Å². The molecule has 3 nitrogen and oxygen atoms in total. The van der Waals surface area contributed by atoms with Crippen LogP contribution >= 0.6 is 0 Å². The Balaban J connectivity index is 1.66. The number of rotatable bonds is 4. The summed E-state index contributed by atoms with van der Waals surface area (Å²) in [5.74, 6) is 1.60. The lowest BCUT2D eigenvalue weighted by molar-refractivity contribution is -0.114. The van der Waals surface area contributed by atoms with Crippen molar-refractivity contribution in [3.05, 3.63) is 65.3 Å². The monoisotopic (exact) mass is 417 g/mol. The first kappa shape index (κ1) is 20.8. The van der Waals surface area contributed by atoms with Gasteiger partial charge < -0.3 is 10.4 Å². The van der Waals surface area contributed by atoms with E-state index in [-0.39, 0.29) is 11.2 Å². The molecule has 2 N–H and O–H groups in total. The van der Waals surface area contributed by atoms with Gasteiger partial charge >= 0.3 is 0 Å². The second kappa shape index (κ2) is 7.48. The minimum atomic E-state index is -0.669. The van der Waals surface area contributed by atoms with Gasteiger partial charge in [-0.2, -0.15) is 0 Å². The Morgan fingerprint density at radius 3 is 2.68 bits per heavy atom. The zero-order valence-electron chi connectivity index (χ0n) is 18.9. The first-order valence-corrected chi connectivity index (χ1v) is 12.0. The maximum absolute atomic E-state index is 12.1. The molecule has 0 spiro atoms. The summed E-state index contributed by atoms with van der Waals surface area (Å²) in [5.41, 5.74) is 6.03. The minimum Gasteiger partial charge on any atom is -0.389 e. The molecule has 0 unspecified atom stereocenters. The third-order valence-corrected chi connectivity index (χ3v) is 9.14. The molecule has 0 heterocycles. The highest BCUT2D eigenvalue weighted by molar-refractivity contribution is 5.93. The summed E-state index contributed by atoms with van der Waals surface area (Å²) in [7, 11) is 1.95. The highest BCUT2D eigenvalue weighted by atomic mass is 16.3. The van der Waals surface area contributed by atoms with E-state index in [1.54, 1.807) is 5.57 Å². The normalized spacial score (nSPS) is 36.9. The molecule has 31 heavy (non-hydrogen) atoms. The van der Waals surface area contributed by atoms with Gasteiger partial charge in [-0.15, -0.1) is 6.58 Å². The number of ketones is 1. The molecule has 0 aliphatic heterocycles. The molecule has 0 amide bonds. The predicted molar refractivity (Wildman–Crippen MR) is 126 cm³/mol. The quantitative estimate of drug-likeness (QED) is 0.597. The highest BCUT2D eigenvalue weighted by Gasteiger charge is 2.62. The largest absolute Gasteiger partial charge is 0.389 e. The van der Waals surface area contributed by atoms with Gasteiger partial charge in [-0.3, -0.25) is 4.79 Å². The van der Waals surface area contributed by atoms with Gasteiger partial charge in [0.05, 0.1) is 5.60 Å². The second-order valence-electron chi connectivity index (χ2n) is 10.4. The topological polar surface area (TPSA) is 49.3 Å². The summed E-state index contributed by atoms with van der Waals surface area (Å²) in [6.45, 7) is 6.31. The molecule has 164 valence electrons. The maximum Gasteiger partial charge on any atom is 0.156 e. The van der Waals surface area contributed by atoms with E-state index in [0.717, 1.165) is 44.2 Å². The molecule has 1 aromatic rings. The molecule has 2 fully saturated rings. The third-order valence-electron chi connectivity index (χ3n) is 9.14. The molecule has 5 atom stereocenters. The molecular weight excluding hydrogens is 382 g/mol. The fourth-order valence-corrected chi connectivity index (χ4v) is 7.51. The summed E-state index contributed by atoms with van der Waals surface area (Å²) in [5, 5.41) is 15.0. The van der Waals surface area contributed by atoms with E-state index in [9.17, 15) is 9.90 Å². The summed E-state index contributed by atoms with van der Waals surface area (Å²) in [6.07, 6.45) is 11.1. The van der Waals surface area contributed by atoms with Crippen LogP contribution in [0.15, 0.2) is 59.7 Å². The van der Waals surface area contributed by atoms with Crippen molar-refractivity contribution in [2.45, 2.75) is 69.8 Å². The summed E-state index contributed by atoms with van der Waals surface area (Å²) >= 11 is 0. The van der Waals surface area contributed by atoms with Crippen LogP contribution in [0.5, 0.6) is 0 Å². The number of carbonyl (C=O) groups excluding carboxylic acids is 1. The van der Waals surface area contributed by atoms with Gasteiger partial charge in [-0.05, 0) is 91.7 Å². The van der Waals surface area contributed by atoms with E-state index in [4.69, 9.17) is 0 Å². The lowest BCUT2D eigenvalue weighted by Crippen LogP contribution is -2.51. The smallest absolute Gasteiger partial charge is 0.156 e. The van der Waals surface area contributed by atoms with Crippen LogP contribution in [0.3, 0.4) is 0 Å². The standard InChI is InChI=1S/C28H35NO2/c1-4-14-28(31)15-13-25-23-11-7-19-16-21(30)10-12-22(19)26(23)24(17-27(25,28)2)18-5-8-20(29-3)9-6-18/h4-6,8-9,16,23-25,29,31H,1,7,10-15,17H2,2-3H3/t23-,24+,25-,27-,28-/m0/s1. The van der Waals surface area contributed by atoms with Gasteiger partial charge in [-0.25, -0.2) is 0 Å². The van der Waals surface area contributed by atoms with Crippen LogP contribution in [-0.4, -0.2) is 23.5 Å². The lowest BCUT2D eigenvalue weighted by Gasteiger charge is -2.55. The van der Waals surface area contributed by atoms with Gasteiger partial charge in [0.25, 0.3) is 0 Å². The summed E-state index contributed by atoms with van der Waals surface area (Å²) < 4.78 is 0. The molecule has 4 aliphatic rings. The number of fused-ring (bicyclic) bond motifs is 4. The van der Waals surface area contributed by atoms with Crippen molar-refractivity contribution < 1.29 is 9.90 Å². The number of nitrogens with one attached hydrogen (secondary N) is 1. The molecule has 2 saturated carbocycles. The number of aliphatic hydroxyl groups is 1. The molecule has 3 heteroatoms. The average Bonchev–Trinajstić information content (AvgIpc) is 3.03. The zero-order valence-corrected chi connectivity index (χ0v) is 18.9. The van der Waals surface area contributed by atoms with Crippen LogP contribution in [0.25, 0.3) is 0 Å². The van der Waals surface area contributed by atoms with Gasteiger partial charge in [0.2, 0.25) is 0 Å². The van der Waals surface area contributed by atoms with Crippen molar-refractivity contribution in [2.24, 2.45) is 17.3 Å². The van der Waals surface area contributed by atoms with E-state index in [0.29, 0.717) is 30.6 Å². The number of benzene rings is 1. The Bertz CT molecular complexity index is 971. The van der Waals surface area contributed by atoms with Gasteiger partial charge in [0.15, 0.2) is 5.78 Å². The SMILES string of the molecule is C=CC[C@]1(O)CC[C@H]2[C@@H]3CCC4=CC(=O)CCC4=C3[C@@H](c3ccc(NC)cc3)C[C@@]21C. The van der Waals surface area contributed by atoms with E-state index in [1.165, 1.54) is 16.7 Å². The van der Waals surface area contributed by atoms with Crippen molar-refractivity contribution in [1.29, 1.82) is 0 Å². The van der Waals surface area contributed by atoms with Crippen molar-refractivity contribution >= 4 is 11.5 Å². The van der Waals surface area contributed by atoms with Crippen LogP contribution in [0, 0.1) is 17.3 Å². The van der Waals surface area contributed by atoms with Gasteiger partial charge in [0.1, 0.15) is 0 Å². The van der Waals surface area contributed by atoms with Crippen molar-refractivity contribution in [1.82, 2.24) is 0 Å². The van der Waals surface area contributed by atoms with Gasteiger partial charge in [0, 0.05) is 30.5 Å². The molecule has 0 radical (unpaired) electrons. The van der Waals surface area contributed by atoms with Gasteiger partial charge in [-0.1, -0.05) is 30.7 Å². The zero-order chi connectivity index (χ0) is 21.8. The molecule has 1 aromatic carbocycles. The molecule has 0 aromatic heterocycles. The number of carbonyl (C=O) groups is 1. The highest BCUT2D eigenvalue weighted by Crippen LogP contribution is 2.67. The first-order valence-electron chi connectivity index (χ1n) is 12.0. The van der Waals surface area contributed by atoms with E-state index in [1.807, 2.05) is 19.2 Å². The van der Waals surface area contributed by atoms with Crippen molar-refractivity contribution in [2.75, 3.05) is 12.4 Å². The van der Waals surface area contributed by atoms with Crippen LogP contribution in [0.1, 0.15) is 69.8 Å². The van der Waals surface area contributed by atoms with Crippen LogP contribution in [0.4, 0.5) is 5.69 Å². The average molecular weight is 418 g/mol. The molecule has 4 aliphatic carbocycles. The number of anilines is 1. The summed E-state index contributed by atoms with van der Waals surface area (Å²) in [4.78, 5) is 12.1. The molecule has 0 saturated heterocycles. The Labute approximate surface area is 186 Å². The molecular formula is C28H35NO2.